The fourth-order valence-electron chi connectivity index (χ4n) is 3.59. The number of anilines is 1. The number of carbonyl (C=O) groups is 1. The lowest BCUT2D eigenvalue weighted by Crippen LogP contribution is -2.45. The molecule has 1 aromatic rings. The highest BCUT2D eigenvalue weighted by Crippen LogP contribution is 2.33. The van der Waals surface area contributed by atoms with Crippen LogP contribution >= 0.6 is 11.6 Å². The Hall–Kier alpha value is -1.50. The van der Waals surface area contributed by atoms with Crippen LogP contribution in [0.25, 0.3) is 0 Å². The molecule has 138 valence electrons. The highest BCUT2D eigenvalue weighted by atomic mass is 35.5. The largest absolute Gasteiger partial charge is 0.419 e. The lowest BCUT2D eigenvalue weighted by molar-refractivity contribution is -0.367. The first kappa shape index (κ1) is 18.3. The molecule has 2 saturated heterocycles. The molecular formula is C17H22ClF3N3O+. The van der Waals surface area contributed by atoms with Gasteiger partial charge in [0.1, 0.15) is 11.2 Å². The van der Waals surface area contributed by atoms with E-state index in [2.05, 4.69) is 4.98 Å². The normalized spacial score (nSPS) is 20.0. The second-order valence-electron chi connectivity index (χ2n) is 6.73. The van der Waals surface area contributed by atoms with Crippen LogP contribution in [0.5, 0.6) is 0 Å². The summed E-state index contributed by atoms with van der Waals surface area (Å²) in [5, 5.41) is 0.0515. The van der Waals surface area contributed by atoms with E-state index < -0.39 is 11.7 Å². The molecule has 3 heterocycles. The van der Waals surface area contributed by atoms with Gasteiger partial charge in [-0.05, 0) is 38.2 Å². The second kappa shape index (κ2) is 7.40. The van der Waals surface area contributed by atoms with Gasteiger partial charge in [0.2, 0.25) is 5.91 Å². The van der Waals surface area contributed by atoms with Gasteiger partial charge in [0.05, 0.1) is 18.7 Å². The topological polar surface area (TPSA) is 37.7 Å². The number of aromatic amines is 1. The third kappa shape index (κ3) is 4.19. The molecule has 2 aliphatic heterocycles. The van der Waals surface area contributed by atoms with Crippen LogP contribution in [-0.4, -0.2) is 37.0 Å². The first-order valence-corrected chi connectivity index (χ1v) is 9.06. The van der Waals surface area contributed by atoms with Crippen molar-refractivity contribution in [3.63, 3.8) is 0 Å². The maximum absolute atomic E-state index is 12.7. The molecule has 0 spiro atoms. The van der Waals surface area contributed by atoms with Crippen LogP contribution in [0.3, 0.4) is 0 Å². The minimum atomic E-state index is -4.42. The highest BCUT2D eigenvalue weighted by Gasteiger charge is 2.36. The van der Waals surface area contributed by atoms with E-state index in [1.54, 1.807) is 0 Å². The van der Waals surface area contributed by atoms with E-state index in [1.165, 1.54) is 6.42 Å². The summed E-state index contributed by atoms with van der Waals surface area (Å²) in [6, 6.07) is 0.943. The van der Waals surface area contributed by atoms with Crippen LogP contribution in [0.1, 0.15) is 37.7 Å². The molecule has 3 rings (SSSR count). The predicted octanol–water partition coefficient (Wildman–Crippen LogP) is 3.40. The molecule has 0 saturated carbocycles. The predicted molar refractivity (Wildman–Crippen MR) is 88.4 cm³/mol. The van der Waals surface area contributed by atoms with Crippen LogP contribution in [0.4, 0.5) is 19.0 Å². The van der Waals surface area contributed by atoms with Crippen LogP contribution < -0.4 is 9.88 Å². The average molecular weight is 377 g/mol. The van der Waals surface area contributed by atoms with Crippen molar-refractivity contribution in [2.75, 3.05) is 31.1 Å². The molecule has 8 heteroatoms. The third-order valence-electron chi connectivity index (χ3n) is 5.03. The molecule has 0 radical (unpaired) electrons. The number of hydrogen-bond donors (Lipinski definition) is 0. The first-order chi connectivity index (χ1) is 11.9. The van der Waals surface area contributed by atoms with Gasteiger partial charge in [-0.1, -0.05) is 11.6 Å². The van der Waals surface area contributed by atoms with Gasteiger partial charge < -0.3 is 4.90 Å². The summed E-state index contributed by atoms with van der Waals surface area (Å²) in [7, 11) is 0. The average Bonchev–Trinajstić information content (AvgIpc) is 2.61. The molecule has 1 aromatic heterocycles. The zero-order chi connectivity index (χ0) is 18.0. The van der Waals surface area contributed by atoms with Gasteiger partial charge in [-0.3, -0.25) is 9.69 Å². The summed E-state index contributed by atoms with van der Waals surface area (Å²) in [6.07, 6.45) is 1.23. The Kier molecular flexibility index (Phi) is 5.41. The van der Waals surface area contributed by atoms with Crippen molar-refractivity contribution < 1.29 is 22.9 Å². The fourth-order valence-corrected chi connectivity index (χ4v) is 3.88. The molecule has 1 N–H and O–H groups in total. The summed E-state index contributed by atoms with van der Waals surface area (Å²) in [6.45, 7) is 2.90. The highest BCUT2D eigenvalue weighted by molar-refractivity contribution is 6.32. The third-order valence-corrected chi connectivity index (χ3v) is 5.32. The number of aromatic nitrogens is 1. The van der Waals surface area contributed by atoms with Crippen molar-refractivity contribution in [1.29, 1.82) is 0 Å². The number of H-pyrrole nitrogens is 1. The zero-order valence-corrected chi connectivity index (χ0v) is 14.7. The standard InChI is InChI=1S/C17H21ClF3N3O/c18-14-10-13(17(19,20)21)11-22-15(14)23-8-4-12(5-9-23)16(25)24-6-2-1-3-7-24/h10-12H,1-9H2/p+1. The summed E-state index contributed by atoms with van der Waals surface area (Å²) < 4.78 is 38.2. The minimum absolute atomic E-state index is 0.00238. The van der Waals surface area contributed by atoms with Crippen LogP contribution in [0, 0.1) is 5.92 Å². The van der Waals surface area contributed by atoms with E-state index in [4.69, 9.17) is 11.6 Å². The zero-order valence-electron chi connectivity index (χ0n) is 13.9. The monoisotopic (exact) mass is 376 g/mol. The number of pyridine rings is 1. The van der Waals surface area contributed by atoms with Crippen molar-refractivity contribution in [1.82, 2.24) is 4.90 Å². The van der Waals surface area contributed by atoms with Crippen molar-refractivity contribution in [3.8, 4) is 0 Å². The number of hydrogen-bond acceptors (Lipinski definition) is 2. The Morgan fingerprint density at radius 1 is 1.12 bits per heavy atom. The number of carbonyl (C=O) groups excluding carboxylic acids is 1. The maximum atomic E-state index is 12.7. The number of nitrogens with zero attached hydrogens (tertiary/aromatic N) is 2. The lowest BCUT2D eigenvalue weighted by atomic mass is 9.94. The van der Waals surface area contributed by atoms with Gasteiger partial charge in [-0.25, -0.2) is 4.98 Å². The van der Waals surface area contributed by atoms with Crippen LogP contribution in [0.15, 0.2) is 12.3 Å². The lowest BCUT2D eigenvalue weighted by Gasteiger charge is -2.33. The van der Waals surface area contributed by atoms with Crippen molar-refractivity contribution in [2.45, 2.75) is 38.3 Å². The molecule has 2 fully saturated rings. The van der Waals surface area contributed by atoms with Crippen LogP contribution in [0.2, 0.25) is 5.02 Å². The van der Waals surface area contributed by atoms with Gasteiger partial charge in [-0.15, -0.1) is 0 Å². The van der Waals surface area contributed by atoms with Gasteiger partial charge >= 0.3 is 6.18 Å². The smallest absolute Gasteiger partial charge is 0.342 e. The number of nitrogens with one attached hydrogen (secondary N) is 1. The number of rotatable bonds is 2. The van der Waals surface area contributed by atoms with Crippen molar-refractivity contribution in [3.05, 3.63) is 22.8 Å². The minimum Gasteiger partial charge on any atom is -0.342 e. The molecule has 1 amide bonds. The molecule has 2 aliphatic rings. The Morgan fingerprint density at radius 3 is 2.32 bits per heavy atom. The Balaban J connectivity index is 1.61. The van der Waals surface area contributed by atoms with Gasteiger partial charge in [0.15, 0.2) is 0 Å². The number of piperidine rings is 2. The summed E-state index contributed by atoms with van der Waals surface area (Å²) in [4.78, 5) is 19.1. The van der Waals surface area contributed by atoms with Crippen molar-refractivity contribution in [2.24, 2.45) is 5.92 Å². The van der Waals surface area contributed by atoms with Gasteiger partial charge in [0.25, 0.3) is 5.82 Å². The molecular weight excluding hydrogens is 355 g/mol. The quantitative estimate of drug-likeness (QED) is 0.793. The number of amides is 1. The van der Waals surface area contributed by atoms with Gasteiger partial charge in [0, 0.05) is 19.0 Å². The molecule has 4 nitrogen and oxygen atoms in total. The maximum Gasteiger partial charge on any atom is 0.419 e. The Bertz CT molecular complexity index is 624. The van der Waals surface area contributed by atoms with E-state index in [-0.39, 0.29) is 16.8 Å². The Morgan fingerprint density at radius 2 is 1.76 bits per heavy atom. The number of likely N-dealkylation sites (tertiary alicyclic amines) is 1. The molecule has 0 bridgehead atoms. The van der Waals surface area contributed by atoms with E-state index in [1.807, 2.05) is 9.80 Å². The molecule has 0 atom stereocenters. The first-order valence-electron chi connectivity index (χ1n) is 8.68. The molecule has 0 unspecified atom stereocenters. The SMILES string of the molecule is O=C(C1CCN(c2[nH+]cc(C(F)(F)F)cc2Cl)CC1)N1CCCCC1. The molecule has 25 heavy (non-hydrogen) atoms. The van der Waals surface area contributed by atoms with Crippen molar-refractivity contribution >= 4 is 23.3 Å². The number of alkyl halides is 3. The summed E-state index contributed by atoms with van der Waals surface area (Å²) in [5.41, 5.74) is -0.795. The fraction of sp³-hybridized carbons (Fsp3) is 0.647. The summed E-state index contributed by atoms with van der Waals surface area (Å²) in [5.74, 6) is 0.711. The van der Waals surface area contributed by atoms with E-state index >= 15 is 0 Å². The Labute approximate surface area is 149 Å². The van der Waals surface area contributed by atoms with Crippen LogP contribution in [-0.2, 0) is 11.0 Å². The number of halogens is 4. The van der Waals surface area contributed by atoms with E-state index in [0.29, 0.717) is 31.7 Å². The van der Waals surface area contributed by atoms with E-state index in [0.717, 1.165) is 38.2 Å². The second-order valence-corrected chi connectivity index (χ2v) is 7.14. The molecule has 0 aliphatic carbocycles. The summed E-state index contributed by atoms with van der Waals surface area (Å²) >= 11 is 6.04. The van der Waals surface area contributed by atoms with Gasteiger partial charge in [-0.2, -0.15) is 13.2 Å². The van der Waals surface area contributed by atoms with E-state index in [9.17, 15) is 18.0 Å². The molecule has 0 aromatic carbocycles.